The zero-order valence-electron chi connectivity index (χ0n) is 13.9. The minimum atomic E-state index is 0.750. The van der Waals surface area contributed by atoms with Crippen molar-refractivity contribution in [3.63, 3.8) is 0 Å². The summed E-state index contributed by atoms with van der Waals surface area (Å²) in [7, 11) is 0. The molecule has 0 bridgehead atoms. The van der Waals surface area contributed by atoms with Crippen LogP contribution in [0.4, 0.5) is 0 Å². The van der Waals surface area contributed by atoms with Gasteiger partial charge in [-0.2, -0.15) is 0 Å². The number of hydrogen-bond donors (Lipinski definition) is 0. The molecule has 1 aliphatic heterocycles. The molecule has 24 heavy (non-hydrogen) atoms. The minimum absolute atomic E-state index is 0.750. The molecule has 2 aromatic heterocycles. The maximum Gasteiger partial charge on any atom is 0.119 e. The molecule has 0 atom stereocenters. The van der Waals surface area contributed by atoms with Crippen LogP contribution in [0.3, 0.4) is 0 Å². The molecule has 0 unspecified atom stereocenters. The number of pyridine rings is 1. The predicted octanol–water partition coefficient (Wildman–Crippen LogP) is 4.35. The van der Waals surface area contributed by atoms with Gasteiger partial charge >= 0.3 is 0 Å². The Hall–Kier alpha value is -2.62. The number of imidazole rings is 1. The summed E-state index contributed by atoms with van der Waals surface area (Å²) >= 11 is 0. The van der Waals surface area contributed by atoms with E-state index in [9.17, 15) is 0 Å². The topological polar surface area (TPSA) is 39.9 Å². The first-order chi connectivity index (χ1) is 11.9. The highest BCUT2D eigenvalue weighted by Gasteiger charge is 2.23. The Morgan fingerprint density at radius 3 is 2.58 bits per heavy atom. The third kappa shape index (κ3) is 2.68. The average molecular weight is 319 g/mol. The smallest absolute Gasteiger partial charge is 0.119 e. The van der Waals surface area contributed by atoms with Gasteiger partial charge in [0.05, 0.1) is 18.0 Å². The van der Waals surface area contributed by atoms with Gasteiger partial charge in [0.25, 0.3) is 0 Å². The summed E-state index contributed by atoms with van der Waals surface area (Å²) in [4.78, 5) is 9.08. The summed E-state index contributed by atoms with van der Waals surface area (Å²) in [6.45, 7) is 3.90. The van der Waals surface area contributed by atoms with Crippen LogP contribution in [0, 0.1) is 0 Å². The van der Waals surface area contributed by atoms with Crippen molar-refractivity contribution in [2.24, 2.45) is 0 Å². The van der Waals surface area contributed by atoms with Gasteiger partial charge in [-0.15, -0.1) is 0 Å². The second-order valence-corrected chi connectivity index (χ2v) is 6.09. The standard InChI is InChI=1S/C20H21N3O/c1-2-14-24-17-7-5-15(6-8-17)19-20(16-9-11-21-12-10-16)23-13-3-4-18(23)22-19/h5-12H,2-4,13-14H2,1H3. The minimum Gasteiger partial charge on any atom is -0.494 e. The Balaban J connectivity index is 1.76. The van der Waals surface area contributed by atoms with Gasteiger partial charge in [-0.3, -0.25) is 4.98 Å². The van der Waals surface area contributed by atoms with Crippen LogP contribution in [-0.2, 0) is 13.0 Å². The highest BCUT2D eigenvalue weighted by molar-refractivity contribution is 5.79. The van der Waals surface area contributed by atoms with Crippen LogP contribution in [0.1, 0.15) is 25.6 Å². The lowest BCUT2D eigenvalue weighted by Gasteiger charge is -2.09. The average Bonchev–Trinajstić information content (AvgIpc) is 3.22. The van der Waals surface area contributed by atoms with Gasteiger partial charge in [-0.1, -0.05) is 6.92 Å². The van der Waals surface area contributed by atoms with Crippen LogP contribution >= 0.6 is 0 Å². The number of aryl methyl sites for hydroxylation is 1. The van der Waals surface area contributed by atoms with E-state index in [1.54, 1.807) is 0 Å². The highest BCUT2D eigenvalue weighted by Crippen LogP contribution is 2.35. The van der Waals surface area contributed by atoms with Gasteiger partial charge in [-0.25, -0.2) is 4.98 Å². The van der Waals surface area contributed by atoms with E-state index in [-0.39, 0.29) is 0 Å². The molecule has 0 aliphatic carbocycles. The van der Waals surface area contributed by atoms with E-state index in [1.165, 1.54) is 23.5 Å². The number of hydrogen-bond acceptors (Lipinski definition) is 3. The van der Waals surface area contributed by atoms with Crippen LogP contribution in [-0.4, -0.2) is 21.1 Å². The lowest BCUT2D eigenvalue weighted by Crippen LogP contribution is -1.97. The van der Waals surface area contributed by atoms with E-state index in [0.717, 1.165) is 43.0 Å². The van der Waals surface area contributed by atoms with Crippen molar-refractivity contribution >= 4 is 0 Å². The molecule has 4 nitrogen and oxygen atoms in total. The van der Waals surface area contributed by atoms with E-state index in [0.29, 0.717) is 0 Å². The first-order valence-corrected chi connectivity index (χ1v) is 8.60. The van der Waals surface area contributed by atoms with E-state index in [1.807, 2.05) is 24.5 Å². The molecule has 0 spiro atoms. The number of ether oxygens (including phenoxy) is 1. The summed E-state index contributed by atoms with van der Waals surface area (Å²) in [5.41, 5.74) is 4.56. The van der Waals surface area contributed by atoms with Crippen molar-refractivity contribution in [2.45, 2.75) is 32.7 Å². The van der Waals surface area contributed by atoms with E-state index < -0.39 is 0 Å². The molecule has 4 rings (SSSR count). The number of aromatic nitrogens is 3. The van der Waals surface area contributed by atoms with Crippen LogP contribution in [0.2, 0.25) is 0 Å². The number of fused-ring (bicyclic) bond motifs is 1. The second kappa shape index (κ2) is 6.48. The van der Waals surface area contributed by atoms with Crippen molar-refractivity contribution in [3.05, 3.63) is 54.6 Å². The molecule has 4 heteroatoms. The van der Waals surface area contributed by atoms with Crippen molar-refractivity contribution < 1.29 is 4.74 Å². The van der Waals surface area contributed by atoms with Gasteiger partial charge in [0.2, 0.25) is 0 Å². The number of rotatable bonds is 5. The Labute approximate surface area is 142 Å². The maximum atomic E-state index is 5.69. The van der Waals surface area contributed by atoms with Gasteiger partial charge in [0.1, 0.15) is 11.6 Å². The second-order valence-electron chi connectivity index (χ2n) is 6.09. The molecule has 0 saturated heterocycles. The SMILES string of the molecule is CCCOc1ccc(-c2nc3n(c2-c2ccncc2)CCC3)cc1. The molecule has 0 amide bonds. The van der Waals surface area contributed by atoms with Gasteiger partial charge in [0, 0.05) is 36.5 Å². The third-order valence-corrected chi connectivity index (χ3v) is 4.38. The first kappa shape index (κ1) is 14.9. The fourth-order valence-corrected chi connectivity index (χ4v) is 3.26. The van der Waals surface area contributed by atoms with Crippen LogP contribution < -0.4 is 4.74 Å². The summed E-state index contributed by atoms with van der Waals surface area (Å²) in [5.74, 6) is 2.10. The summed E-state index contributed by atoms with van der Waals surface area (Å²) < 4.78 is 8.04. The van der Waals surface area contributed by atoms with Crippen molar-refractivity contribution in [2.75, 3.05) is 6.61 Å². The molecule has 0 fully saturated rings. The Morgan fingerprint density at radius 2 is 1.83 bits per heavy atom. The summed E-state index contributed by atoms with van der Waals surface area (Å²) in [5, 5.41) is 0. The predicted molar refractivity (Wildman–Crippen MR) is 95.0 cm³/mol. The van der Waals surface area contributed by atoms with E-state index in [2.05, 4.69) is 40.7 Å². The molecule has 0 saturated carbocycles. The molecule has 1 aliphatic rings. The number of nitrogens with zero attached hydrogens (tertiary/aromatic N) is 3. The van der Waals surface area contributed by atoms with Crippen molar-refractivity contribution in [1.29, 1.82) is 0 Å². The largest absolute Gasteiger partial charge is 0.494 e. The van der Waals surface area contributed by atoms with Crippen molar-refractivity contribution in [3.8, 4) is 28.3 Å². The monoisotopic (exact) mass is 319 g/mol. The lowest BCUT2D eigenvalue weighted by atomic mass is 10.1. The Bertz CT molecular complexity index is 822. The maximum absolute atomic E-state index is 5.69. The molecule has 0 radical (unpaired) electrons. The van der Waals surface area contributed by atoms with Crippen LogP contribution in [0.5, 0.6) is 5.75 Å². The molecule has 0 N–H and O–H groups in total. The molecule has 3 aromatic rings. The quantitative estimate of drug-likeness (QED) is 0.702. The zero-order chi connectivity index (χ0) is 16.4. The first-order valence-electron chi connectivity index (χ1n) is 8.60. The fourth-order valence-electron chi connectivity index (χ4n) is 3.26. The van der Waals surface area contributed by atoms with E-state index >= 15 is 0 Å². The molecule has 122 valence electrons. The Kier molecular flexibility index (Phi) is 4.03. The molecular weight excluding hydrogens is 298 g/mol. The van der Waals surface area contributed by atoms with Gasteiger partial charge in [0.15, 0.2) is 0 Å². The van der Waals surface area contributed by atoms with E-state index in [4.69, 9.17) is 9.72 Å². The van der Waals surface area contributed by atoms with Crippen LogP contribution in [0.15, 0.2) is 48.8 Å². The van der Waals surface area contributed by atoms with Gasteiger partial charge in [-0.05, 0) is 49.2 Å². The lowest BCUT2D eigenvalue weighted by molar-refractivity contribution is 0.317. The number of benzene rings is 1. The molecular formula is C20H21N3O. The van der Waals surface area contributed by atoms with Crippen LogP contribution in [0.25, 0.3) is 22.5 Å². The normalized spacial score (nSPS) is 13.0. The van der Waals surface area contributed by atoms with Crippen molar-refractivity contribution in [1.82, 2.24) is 14.5 Å². The zero-order valence-corrected chi connectivity index (χ0v) is 13.9. The highest BCUT2D eigenvalue weighted by atomic mass is 16.5. The Morgan fingerprint density at radius 1 is 1.04 bits per heavy atom. The molecule has 3 heterocycles. The molecule has 1 aromatic carbocycles. The summed E-state index contributed by atoms with van der Waals surface area (Å²) in [6.07, 6.45) is 6.92. The fraction of sp³-hybridized carbons (Fsp3) is 0.300. The third-order valence-electron chi connectivity index (χ3n) is 4.38. The summed E-state index contributed by atoms with van der Waals surface area (Å²) in [6, 6.07) is 12.4. The van der Waals surface area contributed by atoms with Gasteiger partial charge < -0.3 is 9.30 Å².